The van der Waals surface area contributed by atoms with E-state index in [0.717, 1.165) is 11.1 Å². The van der Waals surface area contributed by atoms with Crippen LogP contribution in [-0.2, 0) is 0 Å². The van der Waals surface area contributed by atoms with Gasteiger partial charge in [0.2, 0.25) is 0 Å². The third kappa shape index (κ3) is 2.59. The minimum atomic E-state index is -0.390. The van der Waals surface area contributed by atoms with E-state index in [1.165, 1.54) is 6.07 Å². The lowest BCUT2D eigenvalue weighted by Crippen LogP contribution is -1.96. The molecule has 0 fully saturated rings. The van der Waals surface area contributed by atoms with Crippen LogP contribution in [-0.4, -0.2) is 9.97 Å². The molecule has 2 aromatic carbocycles. The van der Waals surface area contributed by atoms with Gasteiger partial charge < -0.3 is 0 Å². The molecular formula is C16H11Cl2FN2. The predicted molar refractivity (Wildman–Crippen MR) is 84.4 cm³/mol. The summed E-state index contributed by atoms with van der Waals surface area (Å²) < 4.78 is 14.0. The number of nitrogens with zero attached hydrogens (tertiary/aromatic N) is 2. The molecule has 3 aromatic rings. The molecule has 5 heteroatoms. The Balaban J connectivity index is 2.33. The third-order valence-corrected chi connectivity index (χ3v) is 3.79. The number of hydrogen-bond donors (Lipinski definition) is 0. The lowest BCUT2D eigenvalue weighted by atomic mass is 10.1. The normalized spacial score (nSPS) is 11.1. The van der Waals surface area contributed by atoms with Crippen molar-refractivity contribution in [1.82, 2.24) is 9.97 Å². The highest BCUT2D eigenvalue weighted by Gasteiger charge is 2.14. The molecule has 0 N–H and O–H groups in total. The molecule has 0 atom stereocenters. The maximum absolute atomic E-state index is 14.0. The molecule has 1 heterocycles. The SMILES string of the molecule is Cc1ccc(F)c(-c2nc(Cl)c3cc(C)cc(Cl)c3n2)c1. The zero-order valence-electron chi connectivity index (χ0n) is 11.4. The van der Waals surface area contributed by atoms with Gasteiger partial charge in [-0.05, 0) is 43.7 Å². The Kier molecular flexibility index (Phi) is 3.56. The largest absolute Gasteiger partial charge is 0.226 e. The van der Waals surface area contributed by atoms with Crippen molar-refractivity contribution in [2.45, 2.75) is 13.8 Å². The maximum atomic E-state index is 14.0. The van der Waals surface area contributed by atoms with Crippen LogP contribution in [0.4, 0.5) is 4.39 Å². The van der Waals surface area contributed by atoms with Crippen LogP contribution in [0.25, 0.3) is 22.3 Å². The van der Waals surface area contributed by atoms with Gasteiger partial charge in [-0.1, -0.05) is 34.8 Å². The predicted octanol–water partition coefficient (Wildman–Crippen LogP) is 5.36. The highest BCUT2D eigenvalue weighted by Crippen LogP contribution is 2.31. The van der Waals surface area contributed by atoms with Crippen LogP contribution >= 0.6 is 23.2 Å². The summed E-state index contributed by atoms with van der Waals surface area (Å²) in [4.78, 5) is 8.59. The third-order valence-electron chi connectivity index (χ3n) is 3.21. The van der Waals surface area contributed by atoms with Crippen molar-refractivity contribution in [1.29, 1.82) is 0 Å². The van der Waals surface area contributed by atoms with Gasteiger partial charge in [0.05, 0.1) is 16.1 Å². The minimum absolute atomic E-state index is 0.236. The molecule has 0 unspecified atom stereocenters. The number of aromatic nitrogens is 2. The van der Waals surface area contributed by atoms with Crippen molar-refractivity contribution in [3.05, 3.63) is 57.5 Å². The number of hydrogen-bond acceptors (Lipinski definition) is 2. The summed E-state index contributed by atoms with van der Waals surface area (Å²) in [5.74, 6) is -0.154. The Morgan fingerprint density at radius 3 is 2.48 bits per heavy atom. The summed E-state index contributed by atoms with van der Waals surface area (Å²) in [6.07, 6.45) is 0. The average Bonchev–Trinajstić information content (AvgIpc) is 2.42. The van der Waals surface area contributed by atoms with Crippen LogP contribution < -0.4 is 0 Å². The second kappa shape index (κ2) is 5.24. The first-order valence-electron chi connectivity index (χ1n) is 6.35. The second-order valence-electron chi connectivity index (χ2n) is 4.96. The second-order valence-corrected chi connectivity index (χ2v) is 5.73. The maximum Gasteiger partial charge on any atom is 0.164 e. The summed E-state index contributed by atoms with van der Waals surface area (Å²) >= 11 is 12.4. The topological polar surface area (TPSA) is 25.8 Å². The van der Waals surface area contributed by atoms with E-state index >= 15 is 0 Å². The van der Waals surface area contributed by atoms with Crippen LogP contribution in [0.2, 0.25) is 10.2 Å². The van der Waals surface area contributed by atoms with Gasteiger partial charge in [0.25, 0.3) is 0 Å². The Morgan fingerprint density at radius 1 is 0.952 bits per heavy atom. The fourth-order valence-electron chi connectivity index (χ4n) is 2.22. The van der Waals surface area contributed by atoms with Crippen molar-refractivity contribution in [3.8, 4) is 11.4 Å². The van der Waals surface area contributed by atoms with E-state index in [0.29, 0.717) is 21.5 Å². The highest BCUT2D eigenvalue weighted by molar-refractivity contribution is 6.38. The van der Waals surface area contributed by atoms with Gasteiger partial charge in [0.1, 0.15) is 11.0 Å². The number of benzene rings is 2. The Bertz CT molecular complexity index is 863. The monoisotopic (exact) mass is 320 g/mol. The van der Waals surface area contributed by atoms with E-state index in [-0.39, 0.29) is 16.8 Å². The zero-order valence-corrected chi connectivity index (χ0v) is 12.9. The first-order chi connectivity index (χ1) is 9.95. The van der Waals surface area contributed by atoms with Crippen molar-refractivity contribution >= 4 is 34.1 Å². The van der Waals surface area contributed by atoms with Crippen molar-refractivity contribution in [3.63, 3.8) is 0 Å². The Labute approximate surface area is 131 Å². The smallest absolute Gasteiger partial charge is 0.164 e. The molecule has 0 aliphatic heterocycles. The van der Waals surface area contributed by atoms with Crippen LogP contribution in [0.3, 0.4) is 0 Å². The van der Waals surface area contributed by atoms with E-state index in [9.17, 15) is 4.39 Å². The van der Waals surface area contributed by atoms with Crippen LogP contribution in [0.1, 0.15) is 11.1 Å². The van der Waals surface area contributed by atoms with Crippen molar-refractivity contribution in [2.24, 2.45) is 0 Å². The molecule has 106 valence electrons. The first-order valence-corrected chi connectivity index (χ1v) is 7.11. The van der Waals surface area contributed by atoms with E-state index < -0.39 is 0 Å². The van der Waals surface area contributed by atoms with E-state index in [1.807, 2.05) is 19.9 Å². The number of rotatable bonds is 1. The Morgan fingerprint density at radius 2 is 1.71 bits per heavy atom. The van der Waals surface area contributed by atoms with Gasteiger partial charge >= 0.3 is 0 Å². The van der Waals surface area contributed by atoms with Crippen molar-refractivity contribution < 1.29 is 4.39 Å². The van der Waals surface area contributed by atoms with Gasteiger partial charge in [0.15, 0.2) is 5.82 Å². The summed E-state index contributed by atoms with van der Waals surface area (Å²) in [6, 6.07) is 8.43. The number of halogens is 3. The molecule has 2 nitrogen and oxygen atoms in total. The van der Waals surface area contributed by atoms with Gasteiger partial charge in [-0.2, -0.15) is 0 Å². The molecule has 0 spiro atoms. The molecule has 3 rings (SSSR count). The van der Waals surface area contributed by atoms with E-state index in [1.54, 1.807) is 18.2 Å². The molecule has 0 aliphatic carbocycles. The number of fused-ring (bicyclic) bond motifs is 1. The van der Waals surface area contributed by atoms with Gasteiger partial charge in [-0.25, -0.2) is 14.4 Å². The highest BCUT2D eigenvalue weighted by atomic mass is 35.5. The van der Waals surface area contributed by atoms with Crippen LogP contribution in [0.15, 0.2) is 30.3 Å². The van der Waals surface area contributed by atoms with E-state index in [2.05, 4.69) is 9.97 Å². The van der Waals surface area contributed by atoms with Gasteiger partial charge in [-0.3, -0.25) is 0 Å². The molecular weight excluding hydrogens is 310 g/mol. The summed E-state index contributed by atoms with van der Waals surface area (Å²) in [5, 5.41) is 1.41. The number of aryl methyl sites for hydroxylation is 2. The molecule has 0 bridgehead atoms. The van der Waals surface area contributed by atoms with Crippen LogP contribution in [0, 0.1) is 19.7 Å². The fourth-order valence-corrected chi connectivity index (χ4v) is 2.76. The molecule has 0 saturated carbocycles. The molecule has 0 radical (unpaired) electrons. The summed E-state index contributed by atoms with van der Waals surface area (Å²) in [5.41, 5.74) is 2.72. The van der Waals surface area contributed by atoms with Crippen LogP contribution in [0.5, 0.6) is 0 Å². The first kappa shape index (κ1) is 14.2. The zero-order chi connectivity index (χ0) is 15.1. The standard InChI is InChI=1S/C16H11Cl2FN2/c1-8-3-4-13(19)10(5-8)16-20-14-11(15(18)21-16)6-9(2)7-12(14)17/h3-7H,1-2H3. The molecule has 0 saturated heterocycles. The molecule has 1 aromatic heterocycles. The van der Waals surface area contributed by atoms with Gasteiger partial charge in [0, 0.05) is 5.39 Å². The summed E-state index contributed by atoms with van der Waals surface area (Å²) in [6.45, 7) is 3.79. The average molecular weight is 321 g/mol. The lowest BCUT2D eigenvalue weighted by Gasteiger charge is -2.08. The minimum Gasteiger partial charge on any atom is -0.226 e. The fraction of sp³-hybridized carbons (Fsp3) is 0.125. The molecule has 0 amide bonds. The van der Waals surface area contributed by atoms with Crippen molar-refractivity contribution in [2.75, 3.05) is 0 Å². The molecule has 21 heavy (non-hydrogen) atoms. The summed E-state index contributed by atoms with van der Waals surface area (Å²) in [7, 11) is 0. The van der Waals surface area contributed by atoms with E-state index in [4.69, 9.17) is 23.2 Å². The van der Waals surface area contributed by atoms with Gasteiger partial charge in [-0.15, -0.1) is 0 Å². The Hall–Kier alpha value is -1.71. The quantitative estimate of drug-likeness (QED) is 0.564. The molecule has 0 aliphatic rings. The lowest BCUT2D eigenvalue weighted by molar-refractivity contribution is 0.629.